The molecule has 2 aromatic carbocycles. The van der Waals surface area contributed by atoms with Crippen molar-refractivity contribution in [1.29, 1.82) is 0 Å². The summed E-state index contributed by atoms with van der Waals surface area (Å²) in [5.41, 5.74) is 8.00. The van der Waals surface area contributed by atoms with Gasteiger partial charge in [0.25, 0.3) is 0 Å². The third-order valence-corrected chi connectivity index (χ3v) is 3.26. The van der Waals surface area contributed by atoms with Crippen LogP contribution in [-0.4, -0.2) is 0 Å². The molecule has 0 aromatic heterocycles. The Labute approximate surface area is 118 Å². The molecule has 0 aliphatic carbocycles. The lowest BCUT2D eigenvalue weighted by Crippen LogP contribution is -1.96. The van der Waals surface area contributed by atoms with E-state index in [9.17, 15) is 0 Å². The van der Waals surface area contributed by atoms with Gasteiger partial charge in [-0.25, -0.2) is 0 Å². The number of halogens is 3. The van der Waals surface area contributed by atoms with Crippen molar-refractivity contribution in [2.75, 3.05) is 11.1 Å². The minimum Gasteiger partial charge on any atom is -0.397 e. The molecule has 2 rings (SSSR count). The number of benzene rings is 2. The van der Waals surface area contributed by atoms with Gasteiger partial charge in [0, 0.05) is 9.50 Å². The van der Waals surface area contributed by atoms with Crippen LogP contribution in [0.25, 0.3) is 0 Å². The van der Waals surface area contributed by atoms with E-state index in [4.69, 9.17) is 28.9 Å². The van der Waals surface area contributed by atoms with Crippen LogP contribution in [0, 0.1) is 0 Å². The third kappa shape index (κ3) is 3.06. The Morgan fingerprint density at radius 3 is 2.35 bits per heavy atom. The minimum absolute atomic E-state index is 0.580. The summed E-state index contributed by atoms with van der Waals surface area (Å²) < 4.78 is 0.928. The highest BCUT2D eigenvalue weighted by Crippen LogP contribution is 2.31. The van der Waals surface area contributed by atoms with Crippen molar-refractivity contribution in [3.63, 3.8) is 0 Å². The number of nitrogen functional groups attached to an aromatic ring is 1. The van der Waals surface area contributed by atoms with E-state index in [0.29, 0.717) is 15.7 Å². The van der Waals surface area contributed by atoms with Gasteiger partial charge in [0.2, 0.25) is 0 Å². The van der Waals surface area contributed by atoms with Crippen molar-refractivity contribution in [2.24, 2.45) is 0 Å². The van der Waals surface area contributed by atoms with Crippen LogP contribution >= 0.6 is 39.1 Å². The highest BCUT2D eigenvalue weighted by atomic mass is 79.9. The molecular formula is C12H9BrCl2N2. The predicted octanol–water partition coefficient (Wildman–Crippen LogP) is 5.08. The van der Waals surface area contributed by atoms with Gasteiger partial charge in [-0.1, -0.05) is 39.1 Å². The maximum Gasteiger partial charge on any atom is 0.0652 e. The normalized spacial score (nSPS) is 10.3. The van der Waals surface area contributed by atoms with Crippen molar-refractivity contribution in [3.05, 3.63) is 50.9 Å². The predicted molar refractivity (Wildman–Crippen MR) is 78.3 cm³/mol. The standard InChI is InChI=1S/C12H9BrCl2N2/c13-7-1-3-11(9(15)5-7)17-12-4-2-8(14)6-10(12)16/h1-6,17H,16H2. The SMILES string of the molecule is Nc1cc(Cl)ccc1Nc1ccc(Br)cc1Cl. The summed E-state index contributed by atoms with van der Waals surface area (Å²) in [5.74, 6) is 0. The zero-order valence-electron chi connectivity index (χ0n) is 8.68. The van der Waals surface area contributed by atoms with Crippen molar-refractivity contribution in [3.8, 4) is 0 Å². The van der Waals surface area contributed by atoms with E-state index in [1.54, 1.807) is 12.1 Å². The molecular weight excluding hydrogens is 323 g/mol. The van der Waals surface area contributed by atoms with Crippen molar-refractivity contribution in [1.82, 2.24) is 0 Å². The monoisotopic (exact) mass is 330 g/mol. The Hall–Kier alpha value is -0.900. The van der Waals surface area contributed by atoms with Crippen molar-refractivity contribution < 1.29 is 0 Å². The molecule has 17 heavy (non-hydrogen) atoms. The summed E-state index contributed by atoms with van der Waals surface area (Å²) in [6.07, 6.45) is 0. The zero-order chi connectivity index (χ0) is 12.4. The van der Waals surface area contributed by atoms with Gasteiger partial charge >= 0.3 is 0 Å². The van der Waals surface area contributed by atoms with Crippen LogP contribution in [0.15, 0.2) is 40.9 Å². The average Bonchev–Trinajstić information content (AvgIpc) is 2.25. The molecule has 88 valence electrons. The Balaban J connectivity index is 2.31. The molecule has 0 aliphatic rings. The Kier molecular flexibility index (Phi) is 3.82. The molecule has 0 heterocycles. The maximum absolute atomic E-state index is 6.10. The molecule has 0 bridgehead atoms. The van der Waals surface area contributed by atoms with Gasteiger partial charge in [-0.2, -0.15) is 0 Å². The van der Waals surface area contributed by atoms with Crippen LogP contribution in [0.2, 0.25) is 10.0 Å². The fourth-order valence-electron chi connectivity index (χ4n) is 1.38. The molecule has 0 atom stereocenters. The second kappa shape index (κ2) is 5.17. The summed E-state index contributed by atoms with van der Waals surface area (Å²) in [7, 11) is 0. The second-order valence-electron chi connectivity index (χ2n) is 3.48. The molecule has 5 heteroatoms. The van der Waals surface area contributed by atoms with E-state index in [1.807, 2.05) is 24.3 Å². The first-order valence-corrected chi connectivity index (χ1v) is 6.38. The quantitative estimate of drug-likeness (QED) is 0.753. The number of nitrogens with two attached hydrogens (primary N) is 1. The van der Waals surface area contributed by atoms with Gasteiger partial charge in [0.1, 0.15) is 0 Å². The lowest BCUT2D eigenvalue weighted by molar-refractivity contribution is 1.53. The first kappa shape index (κ1) is 12.6. The number of anilines is 3. The van der Waals surface area contributed by atoms with Gasteiger partial charge in [-0.15, -0.1) is 0 Å². The van der Waals surface area contributed by atoms with Crippen molar-refractivity contribution in [2.45, 2.75) is 0 Å². The Morgan fingerprint density at radius 2 is 1.71 bits per heavy atom. The summed E-state index contributed by atoms with van der Waals surface area (Å²) in [5, 5.41) is 4.38. The van der Waals surface area contributed by atoms with E-state index in [2.05, 4.69) is 21.2 Å². The zero-order valence-corrected chi connectivity index (χ0v) is 11.8. The van der Waals surface area contributed by atoms with Crippen LogP contribution < -0.4 is 11.1 Å². The highest BCUT2D eigenvalue weighted by Gasteiger charge is 2.04. The van der Waals surface area contributed by atoms with E-state index < -0.39 is 0 Å². The van der Waals surface area contributed by atoms with E-state index in [0.717, 1.165) is 15.8 Å². The number of nitrogens with one attached hydrogen (secondary N) is 1. The summed E-state index contributed by atoms with van der Waals surface area (Å²) in [6.45, 7) is 0. The maximum atomic E-state index is 6.10. The third-order valence-electron chi connectivity index (χ3n) is 2.21. The molecule has 0 unspecified atom stereocenters. The van der Waals surface area contributed by atoms with Gasteiger partial charge in [0.15, 0.2) is 0 Å². The smallest absolute Gasteiger partial charge is 0.0652 e. The topological polar surface area (TPSA) is 38.0 Å². The van der Waals surface area contributed by atoms with Gasteiger partial charge < -0.3 is 11.1 Å². The lowest BCUT2D eigenvalue weighted by atomic mass is 10.2. The van der Waals surface area contributed by atoms with Crippen LogP contribution in [0.3, 0.4) is 0 Å². The van der Waals surface area contributed by atoms with Crippen LogP contribution in [-0.2, 0) is 0 Å². The molecule has 3 N–H and O–H groups in total. The van der Waals surface area contributed by atoms with E-state index in [-0.39, 0.29) is 0 Å². The number of hydrogen-bond donors (Lipinski definition) is 2. The Morgan fingerprint density at radius 1 is 1.00 bits per heavy atom. The van der Waals surface area contributed by atoms with Crippen LogP contribution in [0.4, 0.5) is 17.1 Å². The van der Waals surface area contributed by atoms with E-state index >= 15 is 0 Å². The fourth-order valence-corrected chi connectivity index (χ4v) is 2.28. The molecule has 2 aromatic rings. The van der Waals surface area contributed by atoms with Crippen molar-refractivity contribution >= 4 is 56.2 Å². The highest BCUT2D eigenvalue weighted by molar-refractivity contribution is 9.10. The Bertz CT molecular complexity index is 509. The summed E-state index contributed by atoms with van der Waals surface area (Å²) in [6, 6.07) is 10.9. The van der Waals surface area contributed by atoms with Gasteiger partial charge in [0.05, 0.1) is 22.1 Å². The molecule has 0 aliphatic heterocycles. The second-order valence-corrected chi connectivity index (χ2v) is 5.24. The van der Waals surface area contributed by atoms with Gasteiger partial charge in [-0.05, 0) is 36.4 Å². The van der Waals surface area contributed by atoms with Crippen LogP contribution in [0.5, 0.6) is 0 Å². The average molecular weight is 332 g/mol. The summed E-state index contributed by atoms with van der Waals surface area (Å²) in [4.78, 5) is 0. The molecule has 0 radical (unpaired) electrons. The number of rotatable bonds is 2. The molecule has 0 spiro atoms. The van der Waals surface area contributed by atoms with Crippen LogP contribution in [0.1, 0.15) is 0 Å². The fraction of sp³-hybridized carbons (Fsp3) is 0. The first-order chi connectivity index (χ1) is 8.06. The lowest BCUT2D eigenvalue weighted by Gasteiger charge is -2.11. The molecule has 2 nitrogen and oxygen atoms in total. The molecule has 0 fully saturated rings. The molecule has 0 amide bonds. The minimum atomic E-state index is 0.580. The van der Waals surface area contributed by atoms with Gasteiger partial charge in [-0.3, -0.25) is 0 Å². The number of hydrogen-bond acceptors (Lipinski definition) is 2. The molecule has 0 saturated heterocycles. The van der Waals surface area contributed by atoms with E-state index in [1.165, 1.54) is 0 Å². The largest absolute Gasteiger partial charge is 0.397 e. The molecule has 0 saturated carbocycles. The summed E-state index contributed by atoms with van der Waals surface area (Å²) >= 11 is 15.3. The first-order valence-electron chi connectivity index (χ1n) is 4.83.